The normalized spacial score (nSPS) is 11.7. The second-order valence-corrected chi connectivity index (χ2v) is 8.05. The average Bonchev–Trinajstić information content (AvgIpc) is 2.49. The lowest BCUT2D eigenvalue weighted by Crippen LogP contribution is -2.36. The predicted octanol–water partition coefficient (Wildman–Crippen LogP) is 6.41. The molecule has 0 bridgehead atoms. The zero-order chi connectivity index (χ0) is 18.1. The van der Waals surface area contributed by atoms with Gasteiger partial charge < -0.3 is 0 Å². The molecular formula is C21H44NO2+. The van der Waals surface area contributed by atoms with E-state index in [1.54, 1.807) is 0 Å². The van der Waals surface area contributed by atoms with Gasteiger partial charge in [-0.2, -0.15) is 0 Å². The van der Waals surface area contributed by atoms with Crippen molar-refractivity contribution < 1.29 is 14.3 Å². The molecule has 0 unspecified atom stereocenters. The Balaban J connectivity index is 3.14. The summed E-state index contributed by atoms with van der Waals surface area (Å²) in [4.78, 5) is 16.8. The van der Waals surface area contributed by atoms with Gasteiger partial charge >= 0.3 is 5.97 Å². The van der Waals surface area contributed by atoms with E-state index in [0.29, 0.717) is 6.42 Å². The molecule has 0 aliphatic carbocycles. The van der Waals surface area contributed by atoms with Gasteiger partial charge in [0.05, 0.1) is 6.42 Å². The molecule has 0 saturated carbocycles. The third-order valence-electron chi connectivity index (χ3n) is 4.36. The second kappa shape index (κ2) is 15.9. The van der Waals surface area contributed by atoms with Crippen molar-refractivity contribution in [2.24, 2.45) is 0 Å². The van der Waals surface area contributed by atoms with E-state index in [1.807, 2.05) is 21.1 Å². The molecule has 144 valence electrons. The molecule has 0 aromatic rings. The van der Waals surface area contributed by atoms with Crippen molar-refractivity contribution in [3.8, 4) is 0 Å². The molecule has 3 nitrogen and oxygen atoms in total. The van der Waals surface area contributed by atoms with Gasteiger partial charge in [-0.3, -0.25) is 4.84 Å². The molecule has 3 heteroatoms. The molecule has 0 rings (SSSR count). The van der Waals surface area contributed by atoms with E-state index < -0.39 is 0 Å². The van der Waals surface area contributed by atoms with Crippen LogP contribution in [0.1, 0.15) is 110 Å². The SMILES string of the molecule is CCCCCCCCCCCCCCCCCC(=O)O[N+](C)(C)C. The third-order valence-corrected chi connectivity index (χ3v) is 4.36. The Labute approximate surface area is 151 Å². The highest BCUT2D eigenvalue weighted by Crippen LogP contribution is 2.14. The topological polar surface area (TPSA) is 26.3 Å². The predicted molar refractivity (Wildman–Crippen MR) is 104 cm³/mol. The van der Waals surface area contributed by atoms with Crippen LogP contribution in [0.2, 0.25) is 0 Å². The van der Waals surface area contributed by atoms with Gasteiger partial charge in [-0.25, -0.2) is 4.79 Å². The van der Waals surface area contributed by atoms with Gasteiger partial charge in [0.25, 0.3) is 0 Å². The molecule has 0 saturated heterocycles. The van der Waals surface area contributed by atoms with E-state index >= 15 is 0 Å². The van der Waals surface area contributed by atoms with Gasteiger partial charge in [0.1, 0.15) is 21.1 Å². The van der Waals surface area contributed by atoms with Gasteiger partial charge in [-0.15, -0.1) is 4.65 Å². The number of rotatable bonds is 17. The lowest BCUT2D eigenvalue weighted by Gasteiger charge is -2.20. The van der Waals surface area contributed by atoms with E-state index in [0.717, 1.165) is 12.8 Å². The summed E-state index contributed by atoms with van der Waals surface area (Å²) >= 11 is 0. The molecule has 0 fully saturated rings. The summed E-state index contributed by atoms with van der Waals surface area (Å²) in [7, 11) is 5.60. The summed E-state index contributed by atoms with van der Waals surface area (Å²) in [5.74, 6) is -0.0720. The summed E-state index contributed by atoms with van der Waals surface area (Å²) in [5.41, 5.74) is 0. The highest BCUT2D eigenvalue weighted by atomic mass is 16.7. The molecular weight excluding hydrogens is 298 g/mol. The van der Waals surface area contributed by atoms with Crippen molar-refractivity contribution in [2.75, 3.05) is 21.1 Å². The summed E-state index contributed by atoms with van der Waals surface area (Å²) in [6.07, 6.45) is 20.8. The highest BCUT2D eigenvalue weighted by Gasteiger charge is 2.14. The minimum absolute atomic E-state index is 0.0720. The summed E-state index contributed by atoms with van der Waals surface area (Å²) in [6.45, 7) is 2.28. The van der Waals surface area contributed by atoms with Crippen LogP contribution < -0.4 is 0 Å². The molecule has 0 heterocycles. The van der Waals surface area contributed by atoms with Crippen LogP contribution in [0.5, 0.6) is 0 Å². The molecule has 0 amide bonds. The van der Waals surface area contributed by atoms with Gasteiger partial charge in [0, 0.05) is 0 Å². The molecule has 0 aliphatic rings. The van der Waals surface area contributed by atoms with Crippen molar-refractivity contribution in [1.82, 2.24) is 0 Å². The number of quaternary nitrogens is 1. The van der Waals surface area contributed by atoms with Crippen LogP contribution in [0.3, 0.4) is 0 Å². The fraction of sp³-hybridized carbons (Fsp3) is 0.952. The summed E-state index contributed by atoms with van der Waals surface area (Å²) in [5, 5.41) is 0. The lowest BCUT2D eigenvalue weighted by molar-refractivity contribution is -1.04. The van der Waals surface area contributed by atoms with Crippen LogP contribution in [0.15, 0.2) is 0 Å². The van der Waals surface area contributed by atoms with Crippen LogP contribution in [0.25, 0.3) is 0 Å². The van der Waals surface area contributed by atoms with Gasteiger partial charge in [-0.05, 0) is 6.42 Å². The molecule has 0 radical (unpaired) electrons. The summed E-state index contributed by atoms with van der Waals surface area (Å²) < 4.78 is 0.261. The zero-order valence-corrected chi connectivity index (χ0v) is 17.1. The molecule has 0 aliphatic heterocycles. The Morgan fingerprint density at radius 3 is 1.29 bits per heavy atom. The van der Waals surface area contributed by atoms with E-state index in [-0.39, 0.29) is 10.6 Å². The van der Waals surface area contributed by atoms with Crippen LogP contribution in [-0.2, 0) is 9.63 Å². The molecule has 0 aromatic heterocycles. The first kappa shape index (κ1) is 23.4. The Morgan fingerprint density at radius 2 is 0.958 bits per heavy atom. The van der Waals surface area contributed by atoms with Crippen LogP contribution in [-0.4, -0.2) is 31.8 Å². The molecule has 0 N–H and O–H groups in total. The van der Waals surface area contributed by atoms with E-state index in [9.17, 15) is 4.79 Å². The summed E-state index contributed by atoms with van der Waals surface area (Å²) in [6, 6.07) is 0. The maximum Gasteiger partial charge on any atom is 0.366 e. The zero-order valence-electron chi connectivity index (χ0n) is 17.1. The van der Waals surface area contributed by atoms with Crippen LogP contribution >= 0.6 is 0 Å². The molecule has 0 spiro atoms. The van der Waals surface area contributed by atoms with Crippen LogP contribution in [0, 0.1) is 0 Å². The Morgan fingerprint density at radius 1 is 0.625 bits per heavy atom. The van der Waals surface area contributed by atoms with Crippen molar-refractivity contribution in [2.45, 2.75) is 110 Å². The van der Waals surface area contributed by atoms with E-state index in [2.05, 4.69) is 6.92 Å². The maximum absolute atomic E-state index is 11.6. The number of hydrogen-bond donors (Lipinski definition) is 0. The van der Waals surface area contributed by atoms with Crippen molar-refractivity contribution in [3.63, 3.8) is 0 Å². The number of carbonyl (C=O) groups excluding carboxylic acids is 1. The largest absolute Gasteiger partial charge is 0.366 e. The standard InChI is InChI=1S/C21H44NO2/c1-5-6-7-8-9-10-11-12-13-14-15-16-17-18-19-20-21(23)24-22(2,3)4/h5-20H2,1-4H3/q+1. The number of carbonyl (C=O) groups is 1. The first-order valence-corrected chi connectivity index (χ1v) is 10.5. The van der Waals surface area contributed by atoms with Gasteiger partial charge in [-0.1, -0.05) is 96.8 Å². The number of hydroxylamine groups is 3. The first-order chi connectivity index (χ1) is 11.5. The Hall–Kier alpha value is -0.570. The average molecular weight is 343 g/mol. The minimum atomic E-state index is -0.0720. The minimum Gasteiger partial charge on any atom is -0.277 e. The second-order valence-electron chi connectivity index (χ2n) is 8.05. The number of unbranched alkanes of at least 4 members (excludes halogenated alkanes) is 14. The molecule has 24 heavy (non-hydrogen) atoms. The quantitative estimate of drug-likeness (QED) is 0.173. The van der Waals surface area contributed by atoms with E-state index in [4.69, 9.17) is 4.84 Å². The first-order valence-electron chi connectivity index (χ1n) is 10.5. The van der Waals surface area contributed by atoms with E-state index in [1.165, 1.54) is 83.5 Å². The van der Waals surface area contributed by atoms with Crippen molar-refractivity contribution in [3.05, 3.63) is 0 Å². The van der Waals surface area contributed by atoms with Crippen LogP contribution in [0.4, 0.5) is 0 Å². The van der Waals surface area contributed by atoms with Gasteiger partial charge in [0.2, 0.25) is 0 Å². The fourth-order valence-corrected chi connectivity index (χ4v) is 2.99. The molecule has 0 atom stereocenters. The Bertz CT molecular complexity index is 284. The smallest absolute Gasteiger partial charge is 0.277 e. The Kier molecular flexibility index (Phi) is 15.6. The third kappa shape index (κ3) is 19.5. The number of hydrogen-bond acceptors (Lipinski definition) is 2. The van der Waals surface area contributed by atoms with Crippen molar-refractivity contribution in [1.29, 1.82) is 0 Å². The monoisotopic (exact) mass is 342 g/mol. The van der Waals surface area contributed by atoms with Crippen molar-refractivity contribution >= 4 is 5.97 Å². The maximum atomic E-state index is 11.6. The molecule has 0 aromatic carbocycles. The fourth-order valence-electron chi connectivity index (χ4n) is 2.99. The van der Waals surface area contributed by atoms with Gasteiger partial charge in [0.15, 0.2) is 0 Å². The lowest BCUT2D eigenvalue weighted by atomic mass is 10.0. The highest BCUT2D eigenvalue weighted by molar-refractivity contribution is 5.68. The number of nitrogens with zero attached hydrogens (tertiary/aromatic N) is 1.